The van der Waals surface area contributed by atoms with Gasteiger partial charge in [0.15, 0.2) is 5.82 Å². The first kappa shape index (κ1) is 16.1. The summed E-state index contributed by atoms with van der Waals surface area (Å²) >= 11 is 0. The molecule has 0 saturated carbocycles. The average molecular weight is 329 g/mol. The Hall–Kier alpha value is -2.76. The van der Waals surface area contributed by atoms with Crippen LogP contribution in [0.25, 0.3) is 11.5 Å². The lowest BCUT2D eigenvalue weighted by molar-refractivity contribution is -0.137. The molecule has 3 nitrogen and oxygen atoms in total. The number of pyridine rings is 1. The maximum atomic E-state index is 12.8. The molecule has 3 aromatic rings. The maximum Gasteiger partial charge on any atom is 0.416 e. The smallest absolute Gasteiger partial charge is 0.249 e. The fourth-order valence-electron chi connectivity index (χ4n) is 2.34. The lowest BCUT2D eigenvalue weighted by Crippen LogP contribution is -2.05. The Morgan fingerprint density at radius 2 is 1.75 bits per heavy atom. The summed E-state index contributed by atoms with van der Waals surface area (Å²) in [4.78, 5) is 13.0. The van der Waals surface area contributed by atoms with Crippen LogP contribution in [0.1, 0.15) is 22.5 Å². The molecule has 24 heavy (non-hydrogen) atoms. The van der Waals surface area contributed by atoms with Gasteiger partial charge < -0.3 is 0 Å². The van der Waals surface area contributed by atoms with Crippen molar-refractivity contribution < 1.29 is 13.2 Å². The molecule has 0 aliphatic rings. The predicted octanol–water partition coefficient (Wildman–Crippen LogP) is 4.46. The summed E-state index contributed by atoms with van der Waals surface area (Å²) in [6.07, 6.45) is -2.39. The second-order valence-electron chi connectivity index (χ2n) is 5.41. The van der Waals surface area contributed by atoms with E-state index in [9.17, 15) is 13.2 Å². The van der Waals surface area contributed by atoms with E-state index in [-0.39, 0.29) is 0 Å². The first-order chi connectivity index (χ1) is 11.4. The van der Waals surface area contributed by atoms with Crippen molar-refractivity contribution in [3.05, 3.63) is 77.2 Å². The number of benzene rings is 1. The molecule has 1 aromatic carbocycles. The molecular formula is C18H14F3N3. The number of aryl methyl sites for hydroxylation is 1. The topological polar surface area (TPSA) is 38.7 Å². The first-order valence-electron chi connectivity index (χ1n) is 7.34. The lowest BCUT2D eigenvalue weighted by atomic mass is 10.1. The highest BCUT2D eigenvalue weighted by molar-refractivity contribution is 5.49. The van der Waals surface area contributed by atoms with Gasteiger partial charge in [-0.15, -0.1) is 0 Å². The SMILES string of the molecule is Cc1ccnc(-c2cccc(Cc3cccc(C(F)(F)F)c3)n2)n1. The number of hydrogen-bond donors (Lipinski definition) is 0. The van der Waals surface area contributed by atoms with E-state index < -0.39 is 11.7 Å². The number of alkyl halides is 3. The van der Waals surface area contributed by atoms with Gasteiger partial charge in [-0.3, -0.25) is 0 Å². The van der Waals surface area contributed by atoms with Crippen molar-refractivity contribution in [2.24, 2.45) is 0 Å². The Labute approximate surface area is 137 Å². The highest BCUT2D eigenvalue weighted by atomic mass is 19.4. The van der Waals surface area contributed by atoms with Gasteiger partial charge in [-0.05, 0) is 36.8 Å². The zero-order valence-corrected chi connectivity index (χ0v) is 12.9. The number of hydrogen-bond acceptors (Lipinski definition) is 3. The third kappa shape index (κ3) is 3.76. The maximum absolute atomic E-state index is 12.8. The summed E-state index contributed by atoms with van der Waals surface area (Å²) in [6, 6.07) is 12.4. The summed E-state index contributed by atoms with van der Waals surface area (Å²) in [5.41, 5.74) is 1.99. The average Bonchev–Trinajstić information content (AvgIpc) is 2.55. The fraction of sp³-hybridized carbons (Fsp3) is 0.167. The van der Waals surface area contributed by atoms with Crippen LogP contribution in [0.3, 0.4) is 0 Å². The van der Waals surface area contributed by atoms with Crippen LogP contribution in [0.15, 0.2) is 54.7 Å². The van der Waals surface area contributed by atoms with Gasteiger partial charge in [0, 0.05) is 24.0 Å². The Balaban J connectivity index is 1.88. The molecule has 0 bridgehead atoms. The molecule has 0 aliphatic heterocycles. The molecule has 2 aromatic heterocycles. The van der Waals surface area contributed by atoms with Crippen molar-refractivity contribution in [3.8, 4) is 11.5 Å². The molecule has 3 rings (SSSR count). The van der Waals surface area contributed by atoms with Gasteiger partial charge in [0.25, 0.3) is 0 Å². The second kappa shape index (κ2) is 6.39. The Morgan fingerprint density at radius 1 is 0.958 bits per heavy atom. The Bertz CT molecular complexity index is 860. The molecule has 0 spiro atoms. The van der Waals surface area contributed by atoms with Gasteiger partial charge in [0.2, 0.25) is 0 Å². The summed E-state index contributed by atoms with van der Waals surface area (Å²) < 4.78 is 38.4. The van der Waals surface area contributed by atoms with E-state index >= 15 is 0 Å². The largest absolute Gasteiger partial charge is 0.416 e. The number of rotatable bonds is 3. The van der Waals surface area contributed by atoms with Crippen LogP contribution in [0.4, 0.5) is 13.2 Å². The molecule has 0 aliphatic carbocycles. The van der Waals surface area contributed by atoms with E-state index in [0.717, 1.165) is 17.8 Å². The molecule has 6 heteroatoms. The molecule has 0 radical (unpaired) electrons. The van der Waals surface area contributed by atoms with Crippen LogP contribution in [0.5, 0.6) is 0 Å². The molecule has 0 saturated heterocycles. The first-order valence-corrected chi connectivity index (χ1v) is 7.34. The normalized spacial score (nSPS) is 11.5. The summed E-state index contributed by atoms with van der Waals surface area (Å²) in [5.74, 6) is 0.501. The molecule has 0 atom stereocenters. The van der Waals surface area contributed by atoms with Crippen LogP contribution in [0, 0.1) is 6.92 Å². The van der Waals surface area contributed by atoms with Crippen molar-refractivity contribution in [2.75, 3.05) is 0 Å². The van der Waals surface area contributed by atoms with Crippen LogP contribution >= 0.6 is 0 Å². The molecule has 122 valence electrons. The van der Waals surface area contributed by atoms with E-state index in [1.54, 1.807) is 36.5 Å². The number of aromatic nitrogens is 3. The van der Waals surface area contributed by atoms with Crippen molar-refractivity contribution in [3.63, 3.8) is 0 Å². The second-order valence-corrected chi connectivity index (χ2v) is 5.41. The van der Waals surface area contributed by atoms with Gasteiger partial charge in [0.1, 0.15) is 5.69 Å². The minimum Gasteiger partial charge on any atom is -0.249 e. The highest BCUT2D eigenvalue weighted by Crippen LogP contribution is 2.30. The highest BCUT2D eigenvalue weighted by Gasteiger charge is 2.30. The van der Waals surface area contributed by atoms with Crippen LogP contribution in [-0.2, 0) is 12.6 Å². The molecular weight excluding hydrogens is 315 g/mol. The van der Waals surface area contributed by atoms with E-state index in [4.69, 9.17) is 0 Å². The lowest BCUT2D eigenvalue weighted by Gasteiger charge is -2.09. The fourth-order valence-corrected chi connectivity index (χ4v) is 2.34. The quantitative estimate of drug-likeness (QED) is 0.712. The zero-order valence-electron chi connectivity index (χ0n) is 12.9. The Morgan fingerprint density at radius 3 is 2.50 bits per heavy atom. The minimum absolute atomic E-state index is 0.309. The number of halogens is 3. The zero-order chi connectivity index (χ0) is 17.2. The van der Waals surface area contributed by atoms with Crippen molar-refractivity contribution in [1.82, 2.24) is 15.0 Å². The number of nitrogens with zero attached hydrogens (tertiary/aromatic N) is 3. The van der Waals surface area contributed by atoms with Crippen LogP contribution < -0.4 is 0 Å². The van der Waals surface area contributed by atoms with E-state index in [0.29, 0.717) is 29.2 Å². The summed E-state index contributed by atoms with van der Waals surface area (Å²) in [5, 5.41) is 0. The van der Waals surface area contributed by atoms with Gasteiger partial charge in [0.05, 0.1) is 5.56 Å². The molecule has 0 amide bonds. The minimum atomic E-state index is -4.35. The summed E-state index contributed by atoms with van der Waals surface area (Å²) in [7, 11) is 0. The van der Waals surface area contributed by atoms with Gasteiger partial charge in [-0.1, -0.05) is 24.3 Å². The van der Waals surface area contributed by atoms with Crippen molar-refractivity contribution in [1.29, 1.82) is 0 Å². The predicted molar refractivity (Wildman–Crippen MR) is 84.3 cm³/mol. The van der Waals surface area contributed by atoms with E-state index in [1.165, 1.54) is 6.07 Å². The Kier molecular flexibility index (Phi) is 4.29. The summed E-state index contributed by atoms with van der Waals surface area (Å²) in [6.45, 7) is 1.86. The molecule has 0 N–H and O–H groups in total. The third-order valence-corrected chi connectivity index (χ3v) is 3.47. The molecule has 2 heterocycles. The third-order valence-electron chi connectivity index (χ3n) is 3.47. The van der Waals surface area contributed by atoms with Crippen LogP contribution in [-0.4, -0.2) is 15.0 Å². The van der Waals surface area contributed by atoms with E-state index in [1.807, 2.05) is 6.92 Å². The standard InChI is InChI=1S/C18H14F3N3/c1-12-8-9-22-17(23-12)16-7-3-6-15(24-16)11-13-4-2-5-14(10-13)18(19,20)21/h2-10H,11H2,1H3. The van der Waals surface area contributed by atoms with Crippen LogP contribution in [0.2, 0.25) is 0 Å². The molecule has 0 fully saturated rings. The monoisotopic (exact) mass is 329 g/mol. The van der Waals surface area contributed by atoms with Gasteiger partial charge >= 0.3 is 6.18 Å². The van der Waals surface area contributed by atoms with Gasteiger partial charge in [-0.2, -0.15) is 13.2 Å². The van der Waals surface area contributed by atoms with Crippen molar-refractivity contribution in [2.45, 2.75) is 19.5 Å². The van der Waals surface area contributed by atoms with Crippen molar-refractivity contribution >= 4 is 0 Å². The molecule has 0 unspecified atom stereocenters. The van der Waals surface area contributed by atoms with Gasteiger partial charge in [-0.25, -0.2) is 15.0 Å². The van der Waals surface area contributed by atoms with E-state index in [2.05, 4.69) is 15.0 Å².